The fourth-order valence-corrected chi connectivity index (χ4v) is 8.70. The number of carbonyl (C=O) groups excluding carboxylic acids is 2. The number of nitrogens with two attached hydrogens (primary N) is 1. The minimum atomic E-state index is -3.38. The number of pyridine rings is 2. The number of carbonyl (C=O) groups is 3. The molecule has 0 radical (unpaired) electrons. The number of rotatable bonds is 9. The maximum absolute atomic E-state index is 15.1. The van der Waals surface area contributed by atoms with Crippen molar-refractivity contribution in [2.45, 2.75) is 103 Å². The van der Waals surface area contributed by atoms with E-state index in [2.05, 4.69) is 15.3 Å². The summed E-state index contributed by atoms with van der Waals surface area (Å²) in [6.07, 6.45) is 5.14. The summed E-state index contributed by atoms with van der Waals surface area (Å²) in [6.45, 7) is 12.7. The minimum absolute atomic E-state index is 0.0577. The zero-order valence-corrected chi connectivity index (χ0v) is 38.1. The number of nitrogens with one attached hydrogen (secondary N) is 2. The first kappa shape index (κ1) is 50.8. The molecule has 4 fully saturated rings. The summed E-state index contributed by atoms with van der Waals surface area (Å²) in [5.74, 6) is -6.39. The van der Waals surface area contributed by atoms with E-state index in [0.29, 0.717) is 42.5 Å². The van der Waals surface area contributed by atoms with E-state index in [0.717, 1.165) is 37.9 Å². The molecule has 4 atom stereocenters. The molecular formula is C45H54BF7N6O8. The van der Waals surface area contributed by atoms with Crippen molar-refractivity contribution in [2.24, 2.45) is 17.6 Å². The van der Waals surface area contributed by atoms with Crippen molar-refractivity contribution in [3.8, 4) is 0 Å². The van der Waals surface area contributed by atoms with Crippen molar-refractivity contribution >= 4 is 53.0 Å². The molecule has 2 aromatic carbocycles. The van der Waals surface area contributed by atoms with Gasteiger partial charge >= 0.3 is 25.5 Å². The summed E-state index contributed by atoms with van der Waals surface area (Å²) in [6, 6.07) is 1.79. The van der Waals surface area contributed by atoms with Gasteiger partial charge in [-0.1, -0.05) is 0 Å². The molecule has 5 N–H and O–H groups in total. The molecule has 67 heavy (non-hydrogen) atoms. The van der Waals surface area contributed by atoms with Crippen LogP contribution >= 0.6 is 0 Å². The van der Waals surface area contributed by atoms with Crippen LogP contribution in [-0.2, 0) is 9.39 Å². The minimum Gasteiger partial charge on any atom is -0.477 e. The Hall–Kier alpha value is -5.64. The van der Waals surface area contributed by atoms with E-state index in [1.54, 1.807) is 44.1 Å². The van der Waals surface area contributed by atoms with Gasteiger partial charge in [-0.05, 0) is 91.8 Å². The van der Waals surface area contributed by atoms with E-state index in [4.69, 9.17) is 10.5 Å². The van der Waals surface area contributed by atoms with Crippen LogP contribution in [0.15, 0.2) is 34.1 Å². The second-order valence-electron chi connectivity index (χ2n) is 19.2. The highest BCUT2D eigenvalue weighted by atomic mass is 19.2. The summed E-state index contributed by atoms with van der Waals surface area (Å²) in [4.78, 5) is 61.5. The number of hydrogen-bond acceptors (Lipinski definition) is 10. The standard InChI is InChI=1S/C20H23F2N3O3.C14H10BF4NO3.C11H21FN2O2/c1-10-16-13(18(26)14(19(27)28)8-25(16)12-3-4-12)5-15(22)17(10)24-7-11(6-21)20(2,23)9-24;1-6-11(17)10(16)4-8-12(6)20(7-2-3-7)5-9(13(8)21)14(22)23-15(18)19;1-10(2,3)16-9(15)14-11(4)7-13-6-8(11)5-12/h5,8,11-12H,3-4,6-7,9,23H2,1-2H3,(H,27,28);4-5,7H,2-3H2,1H3;8,13H,5-7H2,1-4H3,(H,14,15)/t11-,20+;;8-,11+/m0.0/s1. The fourth-order valence-electron chi connectivity index (χ4n) is 8.70. The van der Waals surface area contributed by atoms with Gasteiger partial charge in [0.2, 0.25) is 10.9 Å². The quantitative estimate of drug-likeness (QED) is 0.0994. The number of hydrogen-bond donors (Lipinski definition) is 4. The Morgan fingerprint density at radius 1 is 0.881 bits per heavy atom. The summed E-state index contributed by atoms with van der Waals surface area (Å²) >= 11 is 0. The van der Waals surface area contributed by atoms with Crippen LogP contribution in [-0.4, -0.2) is 95.9 Å². The van der Waals surface area contributed by atoms with Crippen molar-refractivity contribution in [3.63, 3.8) is 0 Å². The Bertz CT molecular complexity index is 2720. The number of carboxylic acid groups (broad SMARTS) is 1. The van der Waals surface area contributed by atoms with Crippen LogP contribution in [0.2, 0.25) is 0 Å². The van der Waals surface area contributed by atoms with Gasteiger partial charge in [0.25, 0.3) is 0 Å². The third-order valence-electron chi connectivity index (χ3n) is 12.6. The summed E-state index contributed by atoms with van der Waals surface area (Å²) in [5.41, 5.74) is 3.16. The molecule has 1 amide bonds. The smallest absolute Gasteiger partial charge is 0.477 e. The van der Waals surface area contributed by atoms with E-state index in [1.807, 2.05) is 6.92 Å². The molecule has 22 heteroatoms. The number of ether oxygens (including phenoxy) is 1. The maximum Gasteiger partial charge on any atom is 0.798 e. The van der Waals surface area contributed by atoms with E-state index in [-0.39, 0.29) is 52.0 Å². The molecule has 4 aliphatic rings. The second-order valence-corrected chi connectivity index (χ2v) is 19.2. The van der Waals surface area contributed by atoms with E-state index in [1.165, 1.54) is 17.7 Å². The van der Waals surface area contributed by atoms with Crippen LogP contribution < -0.4 is 32.1 Å². The Kier molecular flexibility index (Phi) is 14.5. The van der Waals surface area contributed by atoms with Crippen molar-refractivity contribution in [2.75, 3.05) is 44.4 Å². The largest absolute Gasteiger partial charge is 0.798 e. The van der Waals surface area contributed by atoms with Gasteiger partial charge in [0.15, 0.2) is 11.6 Å². The summed E-state index contributed by atoms with van der Waals surface area (Å²) < 4.78 is 105. The molecule has 8 rings (SSSR count). The number of nitrogens with zero attached hydrogens (tertiary/aromatic N) is 3. The van der Waals surface area contributed by atoms with Crippen molar-refractivity contribution < 1.29 is 59.5 Å². The number of aromatic carboxylic acids is 1. The van der Waals surface area contributed by atoms with Gasteiger partial charge in [-0.2, -0.15) is 0 Å². The molecule has 364 valence electrons. The lowest BCUT2D eigenvalue weighted by Gasteiger charge is -2.31. The predicted octanol–water partition coefficient (Wildman–Crippen LogP) is 7.07. The highest BCUT2D eigenvalue weighted by Gasteiger charge is 2.43. The highest BCUT2D eigenvalue weighted by Crippen LogP contribution is 2.42. The zero-order chi connectivity index (χ0) is 49.7. The van der Waals surface area contributed by atoms with E-state index >= 15 is 4.39 Å². The third kappa shape index (κ3) is 10.7. The van der Waals surface area contributed by atoms with Crippen molar-refractivity contribution in [3.05, 3.63) is 84.7 Å². The molecule has 2 aromatic heterocycles. The molecule has 0 unspecified atom stereocenters. The van der Waals surface area contributed by atoms with Crippen molar-refractivity contribution in [1.29, 1.82) is 0 Å². The molecule has 4 heterocycles. The Balaban J connectivity index is 0.000000172. The van der Waals surface area contributed by atoms with Crippen LogP contribution in [0.4, 0.5) is 41.1 Å². The van der Waals surface area contributed by atoms with Crippen LogP contribution in [0.5, 0.6) is 0 Å². The lowest BCUT2D eigenvalue weighted by atomic mass is 9.90. The van der Waals surface area contributed by atoms with Gasteiger partial charge in [-0.25, -0.2) is 36.2 Å². The van der Waals surface area contributed by atoms with Crippen molar-refractivity contribution in [1.82, 2.24) is 19.8 Å². The average Bonchev–Trinajstić information content (AvgIpc) is 4.16. The normalized spacial score (nSPS) is 22.5. The average molecular weight is 951 g/mol. The SMILES string of the molecule is CC(C)(C)OC(=O)N[C@]1(C)CNC[C@@H]1CF.Cc1c(F)c(F)cc2c(=O)c(C(=O)OB(F)F)cn(C3CC3)c12.Cc1c(N2C[C@H](CF)[C@](C)(N)C2)c(F)cc2c(=O)c(C(=O)O)cn(C3CC3)c12. The first-order valence-electron chi connectivity index (χ1n) is 21.7. The monoisotopic (exact) mass is 950 g/mol. The van der Waals surface area contributed by atoms with E-state index < -0.39 is 95.3 Å². The molecule has 2 saturated heterocycles. The Morgan fingerprint density at radius 2 is 1.40 bits per heavy atom. The van der Waals surface area contributed by atoms with Crippen LogP contribution in [0.1, 0.15) is 104 Å². The van der Waals surface area contributed by atoms with Crippen LogP contribution in [0.3, 0.4) is 0 Å². The van der Waals surface area contributed by atoms with Gasteiger partial charge in [0.05, 0.1) is 35.6 Å². The van der Waals surface area contributed by atoms with Crippen LogP contribution in [0.25, 0.3) is 21.8 Å². The van der Waals surface area contributed by atoms with Gasteiger partial charge in [0.1, 0.15) is 22.5 Å². The summed E-state index contributed by atoms with van der Waals surface area (Å²) in [5, 5.41) is 15.0. The number of alkyl carbamates (subject to hydrolysis) is 1. The molecule has 14 nitrogen and oxygen atoms in total. The molecule has 2 aliphatic carbocycles. The zero-order valence-electron chi connectivity index (χ0n) is 38.1. The van der Waals surface area contributed by atoms with Gasteiger partial charge < -0.3 is 44.9 Å². The molecule has 4 aromatic rings. The number of aromatic nitrogens is 2. The topological polar surface area (TPSA) is 187 Å². The number of amides is 1. The number of alkyl halides is 2. The molecular weight excluding hydrogens is 896 g/mol. The number of carboxylic acids is 1. The highest BCUT2D eigenvalue weighted by molar-refractivity contribution is 6.38. The first-order chi connectivity index (χ1) is 31.2. The lowest BCUT2D eigenvalue weighted by molar-refractivity contribution is 0.0440. The lowest BCUT2D eigenvalue weighted by Crippen LogP contribution is -2.53. The van der Waals surface area contributed by atoms with Gasteiger partial charge in [-0.3, -0.25) is 18.4 Å². The third-order valence-corrected chi connectivity index (χ3v) is 12.6. The van der Waals surface area contributed by atoms with Crippen LogP contribution in [0, 0.1) is 43.1 Å². The molecule has 0 bridgehead atoms. The van der Waals surface area contributed by atoms with Gasteiger partial charge in [0, 0.05) is 84.4 Å². The molecule has 2 saturated carbocycles. The summed E-state index contributed by atoms with van der Waals surface area (Å²) in [7, 11) is -3.38. The fraction of sp³-hybridized carbons (Fsp3) is 0.533. The maximum atomic E-state index is 15.1. The van der Waals surface area contributed by atoms with Gasteiger partial charge in [-0.15, -0.1) is 0 Å². The number of anilines is 1. The van der Waals surface area contributed by atoms with E-state index in [9.17, 15) is 55.3 Å². The first-order valence-corrected chi connectivity index (χ1v) is 21.7. The predicted molar refractivity (Wildman–Crippen MR) is 237 cm³/mol. The number of halogens is 7. The molecule has 0 spiro atoms. The number of aryl methyl sites for hydroxylation is 2. The Labute approximate surface area is 381 Å². The Morgan fingerprint density at radius 3 is 1.90 bits per heavy atom. The number of benzene rings is 2. The number of fused-ring (bicyclic) bond motifs is 2. The second kappa shape index (κ2) is 19.2. The molecule has 2 aliphatic heterocycles.